The normalized spacial score (nSPS) is 10.8. The van der Waals surface area contributed by atoms with Gasteiger partial charge in [0.25, 0.3) is 0 Å². The maximum Gasteiger partial charge on any atom is 0.191 e. The highest BCUT2D eigenvalue weighted by atomic mass is 32.1. The van der Waals surface area contributed by atoms with E-state index in [1.807, 2.05) is 67.0 Å². The number of rotatable bonds is 2. The van der Waals surface area contributed by atoms with Crippen LogP contribution < -0.4 is 5.73 Å². The predicted molar refractivity (Wildman–Crippen MR) is 101 cm³/mol. The molecule has 0 aliphatic rings. The molecule has 0 bridgehead atoms. The summed E-state index contributed by atoms with van der Waals surface area (Å²) in [7, 11) is 0. The number of nitrogens with zero attached hydrogens (tertiary/aromatic N) is 3. The van der Waals surface area contributed by atoms with Gasteiger partial charge in [0.05, 0.1) is 5.52 Å². The highest BCUT2D eigenvalue weighted by Crippen LogP contribution is 2.34. The minimum absolute atomic E-state index is 0.219. The largest absolute Gasteiger partial charge is 0.374 e. The predicted octanol–water partition coefficient (Wildman–Crippen LogP) is 3.86. The Morgan fingerprint density at radius 1 is 0.917 bits per heavy atom. The van der Waals surface area contributed by atoms with Crippen molar-refractivity contribution in [3.8, 4) is 22.4 Å². The van der Waals surface area contributed by atoms with Crippen LogP contribution in [0.3, 0.4) is 0 Å². The second-order valence-corrected chi connectivity index (χ2v) is 5.83. The minimum Gasteiger partial charge on any atom is -0.374 e. The molecule has 116 valence electrons. The van der Waals surface area contributed by atoms with Crippen LogP contribution in [0.4, 0.5) is 0 Å². The van der Waals surface area contributed by atoms with E-state index in [1.165, 1.54) is 0 Å². The summed E-state index contributed by atoms with van der Waals surface area (Å²) in [6.45, 7) is 0. The lowest BCUT2D eigenvalue weighted by Crippen LogP contribution is -2.19. The first-order chi connectivity index (χ1) is 11.7. The zero-order chi connectivity index (χ0) is 16.5. The lowest BCUT2D eigenvalue weighted by atomic mass is 9.99. The van der Waals surface area contributed by atoms with E-state index in [0.717, 1.165) is 33.3 Å². The molecule has 2 heterocycles. The Morgan fingerprint density at radius 3 is 2.46 bits per heavy atom. The molecule has 24 heavy (non-hydrogen) atoms. The summed E-state index contributed by atoms with van der Waals surface area (Å²) in [5.41, 5.74) is 10.6. The van der Waals surface area contributed by atoms with Gasteiger partial charge in [-0.15, -0.1) is 0 Å². The third-order valence-corrected chi connectivity index (χ3v) is 4.11. The van der Waals surface area contributed by atoms with Crippen molar-refractivity contribution in [3.05, 3.63) is 73.1 Å². The maximum atomic E-state index is 5.78. The van der Waals surface area contributed by atoms with Crippen LogP contribution in [0.5, 0.6) is 0 Å². The van der Waals surface area contributed by atoms with Gasteiger partial charge in [-0.05, 0) is 29.9 Å². The standard InChI is InChI=1S/C19H14N4S/c20-19(24)23-12-16(18(22-23)13-6-2-1-3-7-13)14-10-11-21-17-9-5-4-8-15(14)17/h1-12H,(H2,20,24). The fraction of sp³-hybridized carbons (Fsp3) is 0. The summed E-state index contributed by atoms with van der Waals surface area (Å²) in [4.78, 5) is 4.43. The number of aromatic nitrogens is 3. The van der Waals surface area contributed by atoms with E-state index in [0.29, 0.717) is 0 Å². The lowest BCUT2D eigenvalue weighted by molar-refractivity contribution is 0.944. The van der Waals surface area contributed by atoms with Gasteiger partial charge in [0.15, 0.2) is 5.11 Å². The van der Waals surface area contributed by atoms with E-state index in [9.17, 15) is 0 Å². The molecule has 0 atom stereocenters. The van der Waals surface area contributed by atoms with E-state index in [1.54, 1.807) is 4.68 Å². The Balaban J connectivity index is 2.02. The molecule has 0 aliphatic heterocycles. The zero-order valence-corrected chi connectivity index (χ0v) is 13.6. The van der Waals surface area contributed by atoms with E-state index in [2.05, 4.69) is 16.1 Å². The first kappa shape index (κ1) is 14.5. The van der Waals surface area contributed by atoms with Crippen molar-refractivity contribution >= 4 is 28.2 Å². The first-order valence-electron chi connectivity index (χ1n) is 7.53. The van der Waals surface area contributed by atoms with Crippen molar-refractivity contribution < 1.29 is 0 Å². The molecule has 2 N–H and O–H groups in total. The summed E-state index contributed by atoms with van der Waals surface area (Å²) < 4.78 is 1.54. The smallest absolute Gasteiger partial charge is 0.191 e. The van der Waals surface area contributed by atoms with Crippen molar-refractivity contribution in [1.82, 2.24) is 14.8 Å². The first-order valence-corrected chi connectivity index (χ1v) is 7.94. The quantitative estimate of drug-likeness (QED) is 0.567. The molecule has 0 saturated carbocycles. The Morgan fingerprint density at radius 2 is 1.67 bits per heavy atom. The minimum atomic E-state index is 0.219. The van der Waals surface area contributed by atoms with E-state index < -0.39 is 0 Å². The molecule has 0 spiro atoms. The highest BCUT2D eigenvalue weighted by molar-refractivity contribution is 7.80. The lowest BCUT2D eigenvalue weighted by Gasteiger charge is -2.06. The van der Waals surface area contributed by atoms with Gasteiger partial charge in [-0.2, -0.15) is 5.10 Å². The number of fused-ring (bicyclic) bond motifs is 1. The van der Waals surface area contributed by atoms with Crippen molar-refractivity contribution in [1.29, 1.82) is 0 Å². The molecular formula is C19H14N4S. The molecule has 5 heteroatoms. The van der Waals surface area contributed by atoms with Crippen molar-refractivity contribution in [2.24, 2.45) is 5.73 Å². The Kier molecular flexibility index (Phi) is 3.55. The number of pyridine rings is 1. The van der Waals surface area contributed by atoms with Gasteiger partial charge >= 0.3 is 0 Å². The van der Waals surface area contributed by atoms with Crippen LogP contribution >= 0.6 is 12.2 Å². The number of hydrogen-bond donors (Lipinski definition) is 1. The Bertz CT molecular complexity index is 1030. The Labute approximate surface area is 144 Å². The molecule has 2 aromatic carbocycles. The fourth-order valence-corrected chi connectivity index (χ4v) is 2.92. The topological polar surface area (TPSA) is 56.7 Å². The van der Waals surface area contributed by atoms with E-state index >= 15 is 0 Å². The third kappa shape index (κ3) is 2.45. The molecule has 4 nitrogen and oxygen atoms in total. The molecule has 4 rings (SSSR count). The summed E-state index contributed by atoms with van der Waals surface area (Å²) in [6.07, 6.45) is 3.69. The summed E-state index contributed by atoms with van der Waals surface area (Å²) >= 11 is 5.10. The number of hydrogen-bond acceptors (Lipinski definition) is 3. The maximum absolute atomic E-state index is 5.78. The van der Waals surface area contributed by atoms with Gasteiger partial charge < -0.3 is 5.73 Å². The molecule has 0 radical (unpaired) electrons. The number of nitrogens with two attached hydrogens (primary N) is 1. The second kappa shape index (κ2) is 5.86. The number of para-hydroxylation sites is 1. The van der Waals surface area contributed by atoms with Crippen molar-refractivity contribution in [2.45, 2.75) is 0 Å². The van der Waals surface area contributed by atoms with Crippen LogP contribution in [0.1, 0.15) is 0 Å². The third-order valence-electron chi connectivity index (χ3n) is 3.93. The van der Waals surface area contributed by atoms with Crippen molar-refractivity contribution in [2.75, 3.05) is 0 Å². The van der Waals surface area contributed by atoms with Gasteiger partial charge in [0, 0.05) is 28.9 Å². The summed E-state index contributed by atoms with van der Waals surface area (Å²) in [5.74, 6) is 0. The molecule has 4 aromatic rings. The van der Waals surface area contributed by atoms with Gasteiger partial charge in [0.2, 0.25) is 0 Å². The molecular weight excluding hydrogens is 316 g/mol. The van der Waals surface area contributed by atoms with Crippen LogP contribution in [0.25, 0.3) is 33.3 Å². The highest BCUT2D eigenvalue weighted by Gasteiger charge is 2.16. The van der Waals surface area contributed by atoms with Gasteiger partial charge in [0.1, 0.15) is 5.69 Å². The van der Waals surface area contributed by atoms with Crippen molar-refractivity contribution in [3.63, 3.8) is 0 Å². The van der Waals surface area contributed by atoms with Gasteiger partial charge in [-0.3, -0.25) is 4.98 Å². The van der Waals surface area contributed by atoms with Crippen LogP contribution in [0.15, 0.2) is 73.1 Å². The molecule has 0 fully saturated rings. The zero-order valence-electron chi connectivity index (χ0n) is 12.8. The number of thiocarbonyl (C=S) groups is 1. The molecule has 2 aromatic heterocycles. The van der Waals surface area contributed by atoms with E-state index in [4.69, 9.17) is 18.0 Å². The Hall–Kier alpha value is -3.05. The van der Waals surface area contributed by atoms with E-state index in [-0.39, 0.29) is 5.11 Å². The van der Waals surface area contributed by atoms with Crippen LogP contribution in [-0.4, -0.2) is 19.9 Å². The summed E-state index contributed by atoms with van der Waals surface area (Å²) in [6, 6.07) is 20.1. The summed E-state index contributed by atoms with van der Waals surface area (Å²) in [5, 5.41) is 5.88. The monoisotopic (exact) mass is 330 g/mol. The van der Waals surface area contributed by atoms with Crippen LogP contribution in [0.2, 0.25) is 0 Å². The average molecular weight is 330 g/mol. The molecule has 0 saturated heterocycles. The van der Waals surface area contributed by atoms with Gasteiger partial charge in [-0.1, -0.05) is 48.5 Å². The molecule has 0 amide bonds. The SMILES string of the molecule is NC(=S)n1cc(-c2ccnc3ccccc23)c(-c2ccccc2)n1. The average Bonchev–Trinajstić information content (AvgIpc) is 3.07. The fourth-order valence-electron chi connectivity index (χ4n) is 2.82. The number of benzene rings is 2. The van der Waals surface area contributed by atoms with Crippen LogP contribution in [0, 0.1) is 0 Å². The van der Waals surface area contributed by atoms with Gasteiger partial charge in [-0.25, -0.2) is 4.68 Å². The second-order valence-electron chi connectivity index (χ2n) is 5.42. The molecule has 0 aliphatic carbocycles. The molecule has 0 unspecified atom stereocenters. The van der Waals surface area contributed by atoms with Crippen LogP contribution in [-0.2, 0) is 0 Å².